The Morgan fingerprint density at radius 1 is 1.57 bits per heavy atom. The van der Waals surface area contributed by atoms with E-state index >= 15 is 0 Å². The van der Waals surface area contributed by atoms with E-state index in [4.69, 9.17) is 4.74 Å². The highest BCUT2D eigenvalue weighted by atomic mass is 16.5. The number of nitrogens with zero attached hydrogens (tertiary/aromatic N) is 2. The molecule has 2 heterocycles. The van der Waals surface area contributed by atoms with E-state index in [-0.39, 0.29) is 11.8 Å². The number of carbonyl (C=O) groups excluding carboxylic acids is 2. The van der Waals surface area contributed by atoms with Crippen molar-refractivity contribution in [2.24, 2.45) is 0 Å². The van der Waals surface area contributed by atoms with Gasteiger partial charge in [-0.05, 0) is 25.5 Å². The second kappa shape index (κ2) is 7.41. The highest BCUT2D eigenvalue weighted by Gasteiger charge is 2.23. The SMILES string of the molecule is CCC(C)(CNC(=O)c1cc(N2CCNC(=O)C2)ccn1)OC. The number of amides is 2. The third kappa shape index (κ3) is 4.41. The van der Waals surface area contributed by atoms with Crippen LogP contribution < -0.4 is 15.5 Å². The van der Waals surface area contributed by atoms with Crippen LogP contribution in [0.3, 0.4) is 0 Å². The molecule has 1 fully saturated rings. The zero-order chi connectivity index (χ0) is 16.9. The summed E-state index contributed by atoms with van der Waals surface area (Å²) in [5.41, 5.74) is 0.770. The number of nitrogens with one attached hydrogen (secondary N) is 2. The third-order valence-corrected chi connectivity index (χ3v) is 4.24. The maximum atomic E-state index is 12.3. The van der Waals surface area contributed by atoms with Crippen LogP contribution in [0.2, 0.25) is 0 Å². The van der Waals surface area contributed by atoms with E-state index in [9.17, 15) is 9.59 Å². The van der Waals surface area contributed by atoms with E-state index in [1.165, 1.54) is 0 Å². The number of carbonyl (C=O) groups is 2. The molecular formula is C16H24N4O3. The average Bonchev–Trinajstić information content (AvgIpc) is 2.59. The lowest BCUT2D eigenvalue weighted by atomic mass is 10.0. The number of hydrogen-bond donors (Lipinski definition) is 2. The molecule has 126 valence electrons. The van der Waals surface area contributed by atoms with Gasteiger partial charge in [-0.25, -0.2) is 0 Å². The minimum atomic E-state index is -0.391. The molecule has 1 aliphatic heterocycles. The molecule has 2 N–H and O–H groups in total. The molecule has 2 amide bonds. The summed E-state index contributed by atoms with van der Waals surface area (Å²) in [6.45, 7) is 5.98. The van der Waals surface area contributed by atoms with Gasteiger partial charge in [-0.2, -0.15) is 0 Å². The molecule has 1 aromatic rings. The van der Waals surface area contributed by atoms with Crippen molar-refractivity contribution in [2.75, 3.05) is 38.2 Å². The lowest BCUT2D eigenvalue weighted by molar-refractivity contribution is -0.120. The zero-order valence-electron chi connectivity index (χ0n) is 13.9. The van der Waals surface area contributed by atoms with Crippen molar-refractivity contribution >= 4 is 17.5 Å². The molecule has 7 nitrogen and oxygen atoms in total. The summed E-state index contributed by atoms with van der Waals surface area (Å²) in [4.78, 5) is 29.8. The zero-order valence-corrected chi connectivity index (χ0v) is 13.9. The Morgan fingerprint density at radius 3 is 3.00 bits per heavy atom. The number of rotatable bonds is 6. The standard InChI is InChI=1S/C16H24N4O3/c1-4-16(2,23-3)11-19-15(22)13-9-12(5-6-17-13)20-8-7-18-14(21)10-20/h5-6,9H,4,7-8,10-11H2,1-3H3,(H,18,21)(H,19,22). The van der Waals surface area contributed by atoms with Gasteiger partial charge in [0.1, 0.15) is 5.69 Å². The average molecular weight is 320 g/mol. The first-order valence-electron chi connectivity index (χ1n) is 7.78. The van der Waals surface area contributed by atoms with Gasteiger partial charge in [-0.3, -0.25) is 14.6 Å². The molecular weight excluding hydrogens is 296 g/mol. The van der Waals surface area contributed by atoms with Crippen LogP contribution in [0.4, 0.5) is 5.69 Å². The second-order valence-electron chi connectivity index (χ2n) is 5.86. The quantitative estimate of drug-likeness (QED) is 0.800. The molecule has 0 bridgehead atoms. The Morgan fingerprint density at radius 2 is 2.35 bits per heavy atom. The Hall–Kier alpha value is -2.15. The van der Waals surface area contributed by atoms with Crippen molar-refractivity contribution in [3.05, 3.63) is 24.0 Å². The van der Waals surface area contributed by atoms with Crippen LogP contribution in [0, 0.1) is 0 Å². The van der Waals surface area contributed by atoms with E-state index in [0.717, 1.165) is 12.1 Å². The fraction of sp³-hybridized carbons (Fsp3) is 0.562. The first-order valence-corrected chi connectivity index (χ1v) is 7.78. The molecule has 1 aromatic heterocycles. The van der Waals surface area contributed by atoms with E-state index < -0.39 is 5.60 Å². The number of methoxy groups -OCH3 is 1. The molecule has 0 saturated carbocycles. The van der Waals surface area contributed by atoms with Gasteiger partial charge in [0, 0.05) is 38.6 Å². The fourth-order valence-electron chi connectivity index (χ4n) is 2.30. The molecule has 1 saturated heterocycles. The first-order chi connectivity index (χ1) is 11.0. The van der Waals surface area contributed by atoms with Crippen LogP contribution in [-0.2, 0) is 9.53 Å². The topological polar surface area (TPSA) is 83.6 Å². The van der Waals surface area contributed by atoms with Crippen molar-refractivity contribution in [1.82, 2.24) is 15.6 Å². The van der Waals surface area contributed by atoms with Crippen LogP contribution in [0.1, 0.15) is 30.8 Å². The summed E-state index contributed by atoms with van der Waals surface area (Å²) >= 11 is 0. The predicted octanol–water partition coefficient (Wildman–Crippen LogP) is 0.563. The van der Waals surface area contributed by atoms with E-state index in [0.29, 0.717) is 31.9 Å². The number of anilines is 1. The summed E-state index contributed by atoms with van der Waals surface area (Å²) in [7, 11) is 1.63. The summed E-state index contributed by atoms with van der Waals surface area (Å²) in [6, 6.07) is 3.52. The summed E-state index contributed by atoms with van der Waals surface area (Å²) in [5, 5.41) is 5.64. The molecule has 23 heavy (non-hydrogen) atoms. The molecule has 0 aliphatic carbocycles. The van der Waals surface area contributed by atoms with Crippen molar-refractivity contribution in [2.45, 2.75) is 25.9 Å². The van der Waals surface area contributed by atoms with Crippen molar-refractivity contribution in [3.63, 3.8) is 0 Å². The molecule has 7 heteroatoms. The van der Waals surface area contributed by atoms with Gasteiger partial charge in [0.25, 0.3) is 5.91 Å². The lowest BCUT2D eigenvalue weighted by Gasteiger charge is -2.29. The molecule has 1 aliphatic rings. The maximum absolute atomic E-state index is 12.3. The fourth-order valence-corrected chi connectivity index (χ4v) is 2.30. The molecule has 1 unspecified atom stereocenters. The van der Waals surface area contributed by atoms with E-state index in [2.05, 4.69) is 15.6 Å². The molecule has 0 radical (unpaired) electrons. The monoisotopic (exact) mass is 320 g/mol. The van der Waals surface area contributed by atoms with Crippen molar-refractivity contribution in [1.29, 1.82) is 0 Å². The smallest absolute Gasteiger partial charge is 0.270 e. The summed E-state index contributed by atoms with van der Waals surface area (Å²) in [5.74, 6) is -0.261. The Balaban J connectivity index is 2.04. The maximum Gasteiger partial charge on any atom is 0.270 e. The minimum Gasteiger partial charge on any atom is -0.377 e. The number of hydrogen-bond acceptors (Lipinski definition) is 5. The highest BCUT2D eigenvalue weighted by Crippen LogP contribution is 2.16. The van der Waals surface area contributed by atoms with Crippen LogP contribution in [-0.4, -0.2) is 55.7 Å². The number of piperazine rings is 1. The van der Waals surface area contributed by atoms with Gasteiger partial charge in [-0.15, -0.1) is 0 Å². The third-order valence-electron chi connectivity index (χ3n) is 4.24. The van der Waals surface area contributed by atoms with Crippen molar-refractivity contribution < 1.29 is 14.3 Å². The number of aromatic nitrogens is 1. The van der Waals surface area contributed by atoms with Gasteiger partial charge >= 0.3 is 0 Å². The Bertz CT molecular complexity index is 572. The highest BCUT2D eigenvalue weighted by molar-refractivity contribution is 5.93. The second-order valence-corrected chi connectivity index (χ2v) is 5.86. The molecule has 0 aromatic carbocycles. The Kier molecular flexibility index (Phi) is 5.54. The van der Waals surface area contributed by atoms with Crippen LogP contribution in [0.25, 0.3) is 0 Å². The van der Waals surface area contributed by atoms with Crippen molar-refractivity contribution in [3.8, 4) is 0 Å². The molecule has 2 rings (SSSR count). The largest absolute Gasteiger partial charge is 0.377 e. The summed E-state index contributed by atoms with van der Waals surface area (Å²) in [6.07, 6.45) is 2.38. The summed E-state index contributed by atoms with van der Waals surface area (Å²) < 4.78 is 5.42. The van der Waals surface area contributed by atoms with Gasteiger partial charge in [0.2, 0.25) is 5.91 Å². The van der Waals surface area contributed by atoms with E-state index in [1.807, 2.05) is 18.7 Å². The predicted molar refractivity (Wildman–Crippen MR) is 87.5 cm³/mol. The molecule has 0 spiro atoms. The van der Waals surface area contributed by atoms with Gasteiger partial charge in [-0.1, -0.05) is 6.92 Å². The van der Waals surface area contributed by atoms with Gasteiger partial charge in [0.05, 0.1) is 12.1 Å². The Labute approximate surface area is 136 Å². The van der Waals surface area contributed by atoms with Gasteiger partial charge in [0.15, 0.2) is 0 Å². The van der Waals surface area contributed by atoms with Crippen LogP contribution in [0.5, 0.6) is 0 Å². The number of ether oxygens (including phenoxy) is 1. The lowest BCUT2D eigenvalue weighted by Crippen LogP contribution is -2.47. The van der Waals surface area contributed by atoms with Crippen LogP contribution in [0.15, 0.2) is 18.3 Å². The van der Waals surface area contributed by atoms with Gasteiger partial charge < -0.3 is 20.3 Å². The minimum absolute atomic E-state index is 0.0159. The number of pyridine rings is 1. The normalized spacial score (nSPS) is 17.3. The molecule has 1 atom stereocenters. The van der Waals surface area contributed by atoms with E-state index in [1.54, 1.807) is 25.4 Å². The first kappa shape index (κ1) is 17.2. The van der Waals surface area contributed by atoms with Crippen LogP contribution >= 0.6 is 0 Å².